The third kappa shape index (κ3) is 2.77. The van der Waals surface area contributed by atoms with Gasteiger partial charge in [0.2, 0.25) is 5.91 Å². The molecule has 1 atom stereocenters. The van der Waals surface area contributed by atoms with Crippen LogP contribution in [0.1, 0.15) is 5.56 Å². The molecule has 0 bridgehead atoms. The van der Waals surface area contributed by atoms with Crippen molar-refractivity contribution in [2.45, 2.75) is 12.5 Å². The van der Waals surface area contributed by atoms with Gasteiger partial charge in [0.25, 0.3) is 0 Å². The zero-order chi connectivity index (χ0) is 13.8. The maximum Gasteiger partial charge on any atom is 0.242 e. The Kier molecular flexibility index (Phi) is 3.88. The summed E-state index contributed by atoms with van der Waals surface area (Å²) in [5, 5.41) is 8.77. The Morgan fingerprint density at radius 3 is 3.05 bits per heavy atom. The van der Waals surface area contributed by atoms with Gasteiger partial charge in [-0.2, -0.15) is 5.26 Å². The number of nitrogens with zero attached hydrogens (tertiary/aromatic N) is 2. The van der Waals surface area contributed by atoms with Gasteiger partial charge in [0, 0.05) is 17.9 Å². The number of nitriles is 1. The highest BCUT2D eigenvalue weighted by Gasteiger charge is 2.28. The van der Waals surface area contributed by atoms with Crippen molar-refractivity contribution in [1.29, 1.82) is 5.26 Å². The number of amides is 1. The average molecular weight is 260 g/mol. The lowest BCUT2D eigenvalue weighted by molar-refractivity contribution is -0.121. The van der Waals surface area contributed by atoms with Crippen molar-refractivity contribution in [1.82, 2.24) is 0 Å². The highest BCUT2D eigenvalue weighted by atomic mass is 16.5. The standard InChI is InChI=1S/C13H16N4O2/c14-4-3-9-7-10(1-2-11(9)15)17-5-6-19-8-12(17)13(16)18/h1-2,7,12H,3,5-6,8,15H2,(H2,16,18). The summed E-state index contributed by atoms with van der Waals surface area (Å²) in [6, 6.07) is 7.00. The summed E-state index contributed by atoms with van der Waals surface area (Å²) < 4.78 is 5.28. The molecule has 0 aromatic heterocycles. The average Bonchev–Trinajstić information content (AvgIpc) is 2.41. The first-order valence-electron chi connectivity index (χ1n) is 6.02. The Morgan fingerprint density at radius 2 is 2.37 bits per heavy atom. The van der Waals surface area contributed by atoms with Crippen molar-refractivity contribution in [2.24, 2.45) is 5.73 Å². The summed E-state index contributed by atoms with van der Waals surface area (Å²) >= 11 is 0. The summed E-state index contributed by atoms with van der Waals surface area (Å²) in [4.78, 5) is 13.3. The number of ether oxygens (including phenoxy) is 1. The van der Waals surface area contributed by atoms with Gasteiger partial charge in [-0.1, -0.05) is 0 Å². The Labute approximate surface area is 111 Å². The topological polar surface area (TPSA) is 105 Å². The predicted molar refractivity (Wildman–Crippen MR) is 71.3 cm³/mol. The first kappa shape index (κ1) is 13.2. The number of nitrogen functional groups attached to an aromatic ring is 1. The molecule has 0 aliphatic carbocycles. The van der Waals surface area contributed by atoms with E-state index in [4.69, 9.17) is 21.5 Å². The molecule has 1 heterocycles. The summed E-state index contributed by atoms with van der Waals surface area (Å²) in [5.74, 6) is -0.418. The van der Waals surface area contributed by atoms with E-state index in [2.05, 4.69) is 6.07 Å². The number of carbonyl (C=O) groups excluding carboxylic acids is 1. The Balaban J connectivity index is 2.31. The molecule has 19 heavy (non-hydrogen) atoms. The zero-order valence-corrected chi connectivity index (χ0v) is 10.5. The Hall–Kier alpha value is -2.26. The molecule has 6 nitrogen and oxygen atoms in total. The second kappa shape index (κ2) is 5.59. The van der Waals surface area contributed by atoms with Gasteiger partial charge in [-0.05, 0) is 23.8 Å². The molecule has 6 heteroatoms. The zero-order valence-electron chi connectivity index (χ0n) is 10.5. The van der Waals surface area contributed by atoms with Gasteiger partial charge in [0.05, 0.1) is 25.7 Å². The highest BCUT2D eigenvalue weighted by molar-refractivity contribution is 5.84. The third-order valence-corrected chi connectivity index (χ3v) is 3.18. The van der Waals surface area contributed by atoms with Crippen LogP contribution in [-0.2, 0) is 16.0 Å². The summed E-state index contributed by atoms with van der Waals surface area (Å²) in [5.41, 5.74) is 13.4. The Bertz CT molecular complexity index is 524. The second-order valence-electron chi connectivity index (χ2n) is 4.40. The minimum atomic E-state index is -0.479. The number of morpholine rings is 1. The molecule has 100 valence electrons. The minimum absolute atomic E-state index is 0.241. The van der Waals surface area contributed by atoms with E-state index >= 15 is 0 Å². The second-order valence-corrected chi connectivity index (χ2v) is 4.40. The number of rotatable bonds is 3. The summed E-state index contributed by atoms with van der Waals surface area (Å²) in [6.07, 6.45) is 0.241. The minimum Gasteiger partial charge on any atom is -0.398 e. The lowest BCUT2D eigenvalue weighted by Crippen LogP contribution is -2.52. The maximum atomic E-state index is 11.4. The molecule has 1 saturated heterocycles. The van der Waals surface area contributed by atoms with Crippen LogP contribution >= 0.6 is 0 Å². The number of nitrogens with two attached hydrogens (primary N) is 2. The van der Waals surface area contributed by atoms with Crippen molar-refractivity contribution in [3.63, 3.8) is 0 Å². The molecule has 4 N–H and O–H groups in total. The Morgan fingerprint density at radius 1 is 1.58 bits per heavy atom. The van der Waals surface area contributed by atoms with Gasteiger partial charge < -0.3 is 21.1 Å². The van der Waals surface area contributed by atoms with Gasteiger partial charge in [-0.3, -0.25) is 4.79 Å². The molecule has 1 aliphatic heterocycles. The number of primary amides is 1. The van der Waals surface area contributed by atoms with Crippen LogP contribution in [-0.4, -0.2) is 31.7 Å². The van der Waals surface area contributed by atoms with Crippen molar-refractivity contribution in [3.8, 4) is 6.07 Å². The van der Waals surface area contributed by atoms with Crippen LogP contribution in [0, 0.1) is 11.3 Å². The molecule has 1 fully saturated rings. The van der Waals surface area contributed by atoms with E-state index in [1.807, 2.05) is 17.0 Å². The van der Waals surface area contributed by atoms with Gasteiger partial charge in [0.1, 0.15) is 6.04 Å². The number of carbonyl (C=O) groups is 1. The quantitative estimate of drug-likeness (QED) is 0.746. The van der Waals surface area contributed by atoms with Crippen LogP contribution in [0.5, 0.6) is 0 Å². The molecular weight excluding hydrogens is 244 g/mol. The first-order chi connectivity index (χ1) is 9.13. The fourth-order valence-electron chi connectivity index (χ4n) is 2.16. The monoisotopic (exact) mass is 260 g/mol. The van der Waals surface area contributed by atoms with Crippen LogP contribution in [0.4, 0.5) is 11.4 Å². The van der Waals surface area contributed by atoms with Crippen molar-refractivity contribution in [2.75, 3.05) is 30.4 Å². The van der Waals surface area contributed by atoms with Crippen LogP contribution in [0.2, 0.25) is 0 Å². The van der Waals surface area contributed by atoms with Gasteiger partial charge >= 0.3 is 0 Å². The number of anilines is 2. The lowest BCUT2D eigenvalue weighted by atomic mass is 10.1. The molecular formula is C13H16N4O2. The first-order valence-corrected chi connectivity index (χ1v) is 6.02. The largest absolute Gasteiger partial charge is 0.398 e. The van der Waals surface area contributed by atoms with Crippen molar-refractivity contribution in [3.05, 3.63) is 23.8 Å². The van der Waals surface area contributed by atoms with E-state index in [1.54, 1.807) is 6.07 Å². The molecule has 1 aliphatic rings. The summed E-state index contributed by atoms with van der Waals surface area (Å²) in [7, 11) is 0. The molecule has 0 spiro atoms. The van der Waals surface area contributed by atoms with E-state index in [-0.39, 0.29) is 13.0 Å². The van der Waals surface area contributed by atoms with Gasteiger partial charge in [-0.25, -0.2) is 0 Å². The van der Waals surface area contributed by atoms with E-state index in [1.165, 1.54) is 0 Å². The predicted octanol–water partition coefficient (Wildman–Crippen LogP) is 0.0254. The molecule has 2 rings (SSSR count). The summed E-state index contributed by atoms with van der Waals surface area (Å²) in [6.45, 7) is 1.42. The van der Waals surface area contributed by atoms with E-state index in [0.717, 1.165) is 11.3 Å². The molecule has 1 amide bonds. The fraction of sp³-hybridized carbons (Fsp3) is 0.385. The molecule has 0 saturated carbocycles. The van der Waals surface area contributed by atoms with Crippen molar-refractivity contribution < 1.29 is 9.53 Å². The fourth-order valence-corrected chi connectivity index (χ4v) is 2.16. The van der Waals surface area contributed by atoms with E-state index < -0.39 is 11.9 Å². The van der Waals surface area contributed by atoms with Gasteiger partial charge in [-0.15, -0.1) is 0 Å². The van der Waals surface area contributed by atoms with Crippen LogP contribution in [0.25, 0.3) is 0 Å². The van der Waals surface area contributed by atoms with Crippen molar-refractivity contribution >= 4 is 17.3 Å². The molecule has 0 radical (unpaired) electrons. The number of hydrogen-bond donors (Lipinski definition) is 2. The van der Waals surface area contributed by atoms with Crippen LogP contribution in [0.3, 0.4) is 0 Å². The third-order valence-electron chi connectivity index (χ3n) is 3.18. The normalized spacial score (nSPS) is 18.9. The van der Waals surface area contributed by atoms with E-state index in [0.29, 0.717) is 18.8 Å². The molecule has 1 unspecified atom stereocenters. The van der Waals surface area contributed by atoms with E-state index in [9.17, 15) is 4.79 Å². The smallest absolute Gasteiger partial charge is 0.242 e. The SMILES string of the molecule is N#CCc1cc(N2CCOCC2C(N)=O)ccc1N. The van der Waals surface area contributed by atoms with Crippen LogP contribution < -0.4 is 16.4 Å². The lowest BCUT2D eigenvalue weighted by Gasteiger charge is -2.35. The van der Waals surface area contributed by atoms with Gasteiger partial charge in [0.15, 0.2) is 0 Å². The maximum absolute atomic E-state index is 11.4. The highest BCUT2D eigenvalue weighted by Crippen LogP contribution is 2.24. The molecule has 1 aromatic rings. The number of hydrogen-bond acceptors (Lipinski definition) is 5. The van der Waals surface area contributed by atoms with Crippen LogP contribution in [0.15, 0.2) is 18.2 Å². The molecule has 1 aromatic carbocycles. The number of benzene rings is 1.